The molecule has 0 radical (unpaired) electrons. The molecule has 5 nitrogen and oxygen atoms in total. The van der Waals surface area contributed by atoms with Crippen molar-refractivity contribution in [1.82, 2.24) is 19.7 Å². The molecule has 0 bridgehead atoms. The molecule has 5 heteroatoms. The van der Waals surface area contributed by atoms with Crippen molar-refractivity contribution in [2.75, 3.05) is 20.2 Å². The van der Waals surface area contributed by atoms with Gasteiger partial charge in [-0.2, -0.15) is 0 Å². The molecule has 0 amide bonds. The molecule has 0 aliphatic carbocycles. The normalized spacial score (nSPS) is 17.3. The number of hydrogen-bond acceptors (Lipinski definition) is 4. The number of nitrogens with zero attached hydrogens (tertiary/aromatic N) is 4. The van der Waals surface area contributed by atoms with Gasteiger partial charge in [-0.05, 0) is 57.1 Å². The van der Waals surface area contributed by atoms with Crippen molar-refractivity contribution < 1.29 is 4.74 Å². The highest BCUT2D eigenvalue weighted by Gasteiger charge is 2.23. The van der Waals surface area contributed by atoms with Gasteiger partial charge < -0.3 is 4.74 Å². The van der Waals surface area contributed by atoms with Crippen molar-refractivity contribution in [3.63, 3.8) is 0 Å². The van der Waals surface area contributed by atoms with Crippen molar-refractivity contribution >= 4 is 0 Å². The summed E-state index contributed by atoms with van der Waals surface area (Å²) >= 11 is 0. The van der Waals surface area contributed by atoms with Gasteiger partial charge in [0, 0.05) is 5.69 Å². The van der Waals surface area contributed by atoms with Crippen molar-refractivity contribution in [2.24, 2.45) is 0 Å². The fourth-order valence-electron chi connectivity index (χ4n) is 2.76. The van der Waals surface area contributed by atoms with Gasteiger partial charge in [-0.15, -0.1) is 10.2 Å². The molecule has 1 unspecified atom stereocenters. The van der Waals surface area contributed by atoms with E-state index in [0.29, 0.717) is 6.04 Å². The summed E-state index contributed by atoms with van der Waals surface area (Å²) < 4.78 is 7.25. The van der Waals surface area contributed by atoms with Crippen LogP contribution in [-0.4, -0.2) is 39.9 Å². The van der Waals surface area contributed by atoms with Crippen LogP contribution in [0.2, 0.25) is 0 Å². The largest absolute Gasteiger partial charge is 0.497 e. The van der Waals surface area contributed by atoms with Gasteiger partial charge in [-0.3, -0.25) is 9.47 Å². The fourth-order valence-corrected chi connectivity index (χ4v) is 2.76. The van der Waals surface area contributed by atoms with E-state index in [9.17, 15) is 0 Å². The number of benzene rings is 1. The van der Waals surface area contributed by atoms with Gasteiger partial charge in [-0.25, -0.2) is 0 Å². The van der Waals surface area contributed by atoms with Crippen LogP contribution < -0.4 is 4.74 Å². The van der Waals surface area contributed by atoms with E-state index in [0.717, 1.165) is 30.4 Å². The van der Waals surface area contributed by atoms with Crippen molar-refractivity contribution in [3.8, 4) is 11.4 Å². The van der Waals surface area contributed by atoms with E-state index in [4.69, 9.17) is 4.74 Å². The van der Waals surface area contributed by atoms with Gasteiger partial charge in [-0.1, -0.05) is 0 Å². The van der Waals surface area contributed by atoms with E-state index in [1.807, 2.05) is 24.3 Å². The molecule has 1 aliphatic heterocycles. The van der Waals surface area contributed by atoms with E-state index in [1.165, 1.54) is 12.8 Å². The lowest BCUT2D eigenvalue weighted by atomic mass is 10.2. The van der Waals surface area contributed by atoms with Gasteiger partial charge in [0.25, 0.3) is 0 Å². The summed E-state index contributed by atoms with van der Waals surface area (Å²) in [6, 6.07) is 8.27. The summed E-state index contributed by atoms with van der Waals surface area (Å²) in [5.41, 5.74) is 1.07. The molecular weight excluding hydrogens is 252 g/mol. The van der Waals surface area contributed by atoms with Gasteiger partial charge in [0.1, 0.15) is 12.1 Å². The zero-order valence-electron chi connectivity index (χ0n) is 12.0. The lowest BCUT2D eigenvalue weighted by molar-refractivity contribution is 0.251. The van der Waals surface area contributed by atoms with Crippen LogP contribution in [0.15, 0.2) is 30.6 Å². The van der Waals surface area contributed by atoms with Crippen LogP contribution in [0.3, 0.4) is 0 Å². The van der Waals surface area contributed by atoms with Crippen LogP contribution in [0, 0.1) is 0 Å². The van der Waals surface area contributed by atoms with Crippen LogP contribution in [0.25, 0.3) is 5.69 Å². The minimum atomic E-state index is 0.294. The molecule has 0 spiro atoms. The first-order valence-electron chi connectivity index (χ1n) is 7.08. The Morgan fingerprint density at radius 3 is 2.50 bits per heavy atom. The van der Waals surface area contributed by atoms with Crippen molar-refractivity contribution in [3.05, 3.63) is 36.4 Å². The topological polar surface area (TPSA) is 43.2 Å². The summed E-state index contributed by atoms with van der Waals surface area (Å²) in [5.74, 6) is 1.85. The maximum absolute atomic E-state index is 5.20. The lowest BCUT2D eigenvalue weighted by Crippen LogP contribution is -2.25. The third kappa shape index (κ3) is 2.41. The number of aromatic nitrogens is 3. The zero-order valence-corrected chi connectivity index (χ0v) is 12.0. The SMILES string of the molecule is COc1ccc(-n2cnnc2C(C)N2CCCC2)cc1. The first kappa shape index (κ1) is 13.1. The fraction of sp³-hybridized carbons (Fsp3) is 0.467. The Morgan fingerprint density at radius 1 is 1.15 bits per heavy atom. The Labute approximate surface area is 119 Å². The second-order valence-corrected chi connectivity index (χ2v) is 5.18. The molecule has 20 heavy (non-hydrogen) atoms. The Balaban J connectivity index is 1.88. The second kappa shape index (κ2) is 5.63. The van der Waals surface area contributed by atoms with E-state index in [1.54, 1.807) is 13.4 Å². The predicted octanol–water partition coefficient (Wildman–Crippen LogP) is 2.43. The van der Waals surface area contributed by atoms with E-state index in [2.05, 4.69) is 26.6 Å². The average Bonchev–Trinajstić information content (AvgIpc) is 3.18. The molecular formula is C15H20N4O. The molecule has 1 aromatic heterocycles. The van der Waals surface area contributed by atoms with E-state index < -0.39 is 0 Å². The first-order chi connectivity index (χ1) is 9.79. The van der Waals surface area contributed by atoms with E-state index >= 15 is 0 Å². The monoisotopic (exact) mass is 272 g/mol. The number of likely N-dealkylation sites (tertiary alicyclic amines) is 1. The molecule has 1 fully saturated rings. The van der Waals surface area contributed by atoms with Gasteiger partial charge in [0.15, 0.2) is 5.82 Å². The minimum Gasteiger partial charge on any atom is -0.497 e. The van der Waals surface area contributed by atoms with Crippen LogP contribution in [0.5, 0.6) is 5.75 Å². The second-order valence-electron chi connectivity index (χ2n) is 5.18. The highest BCUT2D eigenvalue weighted by molar-refractivity contribution is 5.38. The number of hydrogen-bond donors (Lipinski definition) is 0. The summed E-state index contributed by atoms with van der Waals surface area (Å²) in [4.78, 5) is 2.46. The zero-order chi connectivity index (χ0) is 13.9. The molecule has 2 heterocycles. The van der Waals surface area contributed by atoms with Gasteiger partial charge in [0.05, 0.1) is 13.2 Å². The lowest BCUT2D eigenvalue weighted by Gasteiger charge is -2.23. The molecule has 106 valence electrons. The molecule has 2 aromatic rings. The maximum Gasteiger partial charge on any atom is 0.154 e. The number of ether oxygens (including phenoxy) is 1. The third-order valence-electron chi connectivity index (χ3n) is 3.99. The summed E-state index contributed by atoms with van der Waals surface area (Å²) in [7, 11) is 1.68. The van der Waals surface area contributed by atoms with Crippen LogP contribution >= 0.6 is 0 Å². The van der Waals surface area contributed by atoms with E-state index in [-0.39, 0.29) is 0 Å². The maximum atomic E-state index is 5.20. The Hall–Kier alpha value is -1.88. The summed E-state index contributed by atoms with van der Waals surface area (Å²) in [6.07, 6.45) is 4.34. The first-order valence-corrected chi connectivity index (χ1v) is 7.08. The quantitative estimate of drug-likeness (QED) is 0.857. The minimum absolute atomic E-state index is 0.294. The molecule has 1 saturated heterocycles. The van der Waals surface area contributed by atoms with Crippen molar-refractivity contribution in [2.45, 2.75) is 25.8 Å². The molecule has 0 N–H and O–H groups in total. The Bertz CT molecular complexity index is 558. The van der Waals surface area contributed by atoms with Crippen LogP contribution in [0.1, 0.15) is 31.6 Å². The van der Waals surface area contributed by atoms with Crippen LogP contribution in [0.4, 0.5) is 0 Å². The van der Waals surface area contributed by atoms with Gasteiger partial charge in [0.2, 0.25) is 0 Å². The molecule has 0 saturated carbocycles. The average molecular weight is 272 g/mol. The highest BCUT2D eigenvalue weighted by atomic mass is 16.5. The summed E-state index contributed by atoms with van der Waals surface area (Å²) in [6.45, 7) is 4.50. The predicted molar refractivity (Wildman–Crippen MR) is 77.1 cm³/mol. The number of methoxy groups -OCH3 is 1. The molecule has 1 aromatic carbocycles. The smallest absolute Gasteiger partial charge is 0.154 e. The Morgan fingerprint density at radius 2 is 1.85 bits per heavy atom. The number of rotatable bonds is 4. The standard InChI is InChI=1S/C15H20N4O/c1-12(18-9-3-4-10-18)15-17-16-11-19(15)13-5-7-14(20-2)8-6-13/h5-8,11-12H,3-4,9-10H2,1-2H3. The Kier molecular flexibility index (Phi) is 3.69. The molecule has 1 atom stereocenters. The third-order valence-corrected chi connectivity index (χ3v) is 3.99. The van der Waals surface area contributed by atoms with Gasteiger partial charge >= 0.3 is 0 Å². The molecule has 3 rings (SSSR count). The van der Waals surface area contributed by atoms with Crippen LogP contribution in [-0.2, 0) is 0 Å². The molecule has 1 aliphatic rings. The highest BCUT2D eigenvalue weighted by Crippen LogP contribution is 2.25. The summed E-state index contributed by atoms with van der Waals surface area (Å²) in [5, 5.41) is 8.41. The van der Waals surface area contributed by atoms with Crippen molar-refractivity contribution in [1.29, 1.82) is 0 Å².